The first-order valence-electron chi connectivity index (χ1n) is 7.59. The summed E-state index contributed by atoms with van der Waals surface area (Å²) in [7, 11) is 0. The zero-order valence-corrected chi connectivity index (χ0v) is 13.8. The average molecular weight is 302 g/mol. The fourth-order valence-electron chi connectivity index (χ4n) is 2.46. The molecule has 21 heavy (non-hydrogen) atoms. The minimum Gasteiger partial charge on any atom is -0.314 e. The molecule has 2 aromatic rings. The molecule has 2 aromatic carbocycles. The van der Waals surface area contributed by atoms with Gasteiger partial charge in [-0.15, -0.1) is 0 Å². The topological polar surface area (TPSA) is 12.0 Å². The van der Waals surface area contributed by atoms with Crippen molar-refractivity contribution in [2.45, 2.75) is 39.2 Å². The molecule has 0 aliphatic heterocycles. The molecule has 0 radical (unpaired) electrons. The van der Waals surface area contributed by atoms with E-state index in [2.05, 4.69) is 62.5 Å². The largest absolute Gasteiger partial charge is 0.314 e. The maximum Gasteiger partial charge on any atom is 0.0408 e. The van der Waals surface area contributed by atoms with Crippen molar-refractivity contribution >= 4 is 11.6 Å². The number of benzene rings is 2. The smallest absolute Gasteiger partial charge is 0.0408 e. The van der Waals surface area contributed by atoms with Gasteiger partial charge in [-0.3, -0.25) is 0 Å². The third kappa shape index (κ3) is 5.18. The fraction of sp³-hybridized carbons (Fsp3) is 0.368. The van der Waals surface area contributed by atoms with Gasteiger partial charge in [0.2, 0.25) is 0 Å². The highest BCUT2D eigenvalue weighted by atomic mass is 35.5. The lowest BCUT2D eigenvalue weighted by molar-refractivity contribution is 0.527. The second-order valence-electron chi connectivity index (χ2n) is 6.00. The van der Waals surface area contributed by atoms with Crippen LogP contribution in [-0.2, 0) is 6.42 Å². The number of nitrogens with one attached hydrogen (secondary N) is 1. The molecule has 0 bridgehead atoms. The molecule has 2 heteroatoms. The predicted molar refractivity (Wildman–Crippen MR) is 92.2 cm³/mol. The van der Waals surface area contributed by atoms with E-state index in [9.17, 15) is 0 Å². The van der Waals surface area contributed by atoms with Crippen LogP contribution in [0.2, 0.25) is 5.02 Å². The lowest BCUT2D eigenvalue weighted by Gasteiger charge is -2.20. The average Bonchev–Trinajstić information content (AvgIpc) is 2.45. The number of aryl methyl sites for hydroxylation is 1. The Hall–Kier alpha value is -1.31. The molecule has 1 N–H and O–H groups in total. The monoisotopic (exact) mass is 301 g/mol. The van der Waals surface area contributed by atoms with E-state index in [-0.39, 0.29) is 0 Å². The summed E-state index contributed by atoms with van der Waals surface area (Å²) in [4.78, 5) is 0. The minimum absolute atomic E-state index is 0.439. The number of hydrogen-bond acceptors (Lipinski definition) is 1. The first-order valence-corrected chi connectivity index (χ1v) is 7.97. The van der Waals surface area contributed by atoms with Crippen molar-refractivity contribution in [3.63, 3.8) is 0 Å². The number of hydrogen-bond donors (Lipinski definition) is 1. The summed E-state index contributed by atoms with van der Waals surface area (Å²) in [5.41, 5.74) is 3.98. The van der Waals surface area contributed by atoms with E-state index in [1.54, 1.807) is 0 Å². The zero-order chi connectivity index (χ0) is 15.2. The molecule has 0 aliphatic rings. The Kier molecular flexibility index (Phi) is 5.84. The minimum atomic E-state index is 0.439. The van der Waals surface area contributed by atoms with Crippen molar-refractivity contribution in [2.75, 3.05) is 6.54 Å². The lowest BCUT2D eigenvalue weighted by Crippen LogP contribution is -2.29. The highest BCUT2D eigenvalue weighted by Crippen LogP contribution is 2.23. The van der Waals surface area contributed by atoms with Gasteiger partial charge in [0.1, 0.15) is 0 Å². The van der Waals surface area contributed by atoms with Crippen LogP contribution in [0.25, 0.3) is 0 Å². The van der Waals surface area contributed by atoms with Crippen LogP contribution in [0.3, 0.4) is 0 Å². The molecule has 0 aliphatic carbocycles. The Morgan fingerprint density at radius 2 is 1.76 bits per heavy atom. The second-order valence-corrected chi connectivity index (χ2v) is 6.44. The molecule has 0 fully saturated rings. The van der Waals surface area contributed by atoms with Gasteiger partial charge < -0.3 is 5.32 Å². The summed E-state index contributed by atoms with van der Waals surface area (Å²) < 4.78 is 0. The number of rotatable bonds is 6. The molecule has 0 saturated heterocycles. The first kappa shape index (κ1) is 16.1. The van der Waals surface area contributed by atoms with Crippen LogP contribution in [0.5, 0.6) is 0 Å². The summed E-state index contributed by atoms with van der Waals surface area (Å²) >= 11 is 6.15. The van der Waals surface area contributed by atoms with E-state index in [0.29, 0.717) is 12.0 Å². The van der Waals surface area contributed by atoms with Gasteiger partial charge in [-0.05, 0) is 36.6 Å². The van der Waals surface area contributed by atoms with Crippen molar-refractivity contribution in [1.29, 1.82) is 0 Å². The van der Waals surface area contributed by atoms with Crippen molar-refractivity contribution in [2.24, 2.45) is 0 Å². The fourth-order valence-corrected chi connectivity index (χ4v) is 2.65. The summed E-state index contributed by atoms with van der Waals surface area (Å²) in [6.45, 7) is 7.45. The maximum atomic E-state index is 6.15. The van der Waals surface area contributed by atoms with Crippen LogP contribution in [0.1, 0.15) is 36.5 Å². The van der Waals surface area contributed by atoms with Crippen molar-refractivity contribution in [1.82, 2.24) is 5.32 Å². The zero-order valence-electron chi connectivity index (χ0n) is 13.1. The van der Waals surface area contributed by atoms with Crippen molar-refractivity contribution in [3.8, 4) is 0 Å². The molecule has 0 heterocycles. The molecular formula is C19H24ClN. The Balaban J connectivity index is 2.17. The molecule has 1 atom stereocenters. The molecule has 1 unspecified atom stereocenters. The van der Waals surface area contributed by atoms with Crippen LogP contribution in [0.4, 0.5) is 0 Å². The van der Waals surface area contributed by atoms with Gasteiger partial charge in [0.15, 0.2) is 0 Å². The van der Waals surface area contributed by atoms with Crippen LogP contribution >= 0.6 is 11.6 Å². The normalized spacial score (nSPS) is 12.6. The summed E-state index contributed by atoms with van der Waals surface area (Å²) in [5, 5.41) is 4.36. The Morgan fingerprint density at radius 3 is 2.38 bits per heavy atom. The van der Waals surface area contributed by atoms with Gasteiger partial charge in [0.05, 0.1) is 0 Å². The molecule has 0 amide bonds. The molecular weight excluding hydrogens is 278 g/mol. The Bertz CT molecular complexity index is 560. The standard InChI is InChI=1S/C19H24ClN/c1-14(2)21-13-18(17-5-4-6-19(20)12-17)11-16-9-7-15(3)8-10-16/h4-10,12,14,18,21H,11,13H2,1-3H3. The van der Waals surface area contributed by atoms with E-state index >= 15 is 0 Å². The van der Waals surface area contributed by atoms with Crippen LogP contribution in [-0.4, -0.2) is 12.6 Å². The third-order valence-corrected chi connectivity index (χ3v) is 3.93. The van der Waals surface area contributed by atoms with Gasteiger partial charge in [0, 0.05) is 23.5 Å². The van der Waals surface area contributed by atoms with Crippen LogP contribution in [0.15, 0.2) is 48.5 Å². The lowest BCUT2D eigenvalue weighted by atomic mass is 9.91. The molecule has 0 saturated carbocycles. The first-order chi connectivity index (χ1) is 10.0. The molecule has 0 aromatic heterocycles. The third-order valence-electron chi connectivity index (χ3n) is 3.70. The highest BCUT2D eigenvalue weighted by Gasteiger charge is 2.13. The molecule has 112 valence electrons. The number of halogens is 1. The summed E-state index contributed by atoms with van der Waals surface area (Å²) in [5.74, 6) is 0.439. The van der Waals surface area contributed by atoms with Gasteiger partial charge in [-0.1, -0.05) is 67.4 Å². The SMILES string of the molecule is Cc1ccc(CC(CNC(C)C)c2cccc(Cl)c2)cc1. The van der Waals surface area contributed by atoms with Gasteiger partial charge in [0.25, 0.3) is 0 Å². The quantitative estimate of drug-likeness (QED) is 0.794. The highest BCUT2D eigenvalue weighted by molar-refractivity contribution is 6.30. The van der Waals surface area contributed by atoms with Crippen molar-refractivity contribution < 1.29 is 0 Å². The van der Waals surface area contributed by atoms with Crippen LogP contribution in [0, 0.1) is 6.92 Å². The Labute approximate surface area is 133 Å². The maximum absolute atomic E-state index is 6.15. The van der Waals surface area contributed by atoms with Crippen molar-refractivity contribution in [3.05, 3.63) is 70.2 Å². The van der Waals surface area contributed by atoms with E-state index in [1.165, 1.54) is 16.7 Å². The van der Waals surface area contributed by atoms with E-state index < -0.39 is 0 Å². The van der Waals surface area contributed by atoms with E-state index in [4.69, 9.17) is 11.6 Å². The van der Waals surface area contributed by atoms with E-state index in [0.717, 1.165) is 18.0 Å². The summed E-state index contributed by atoms with van der Waals surface area (Å²) in [6.07, 6.45) is 1.03. The van der Waals surface area contributed by atoms with E-state index in [1.807, 2.05) is 12.1 Å². The Morgan fingerprint density at radius 1 is 1.05 bits per heavy atom. The van der Waals surface area contributed by atoms with Crippen LogP contribution < -0.4 is 5.32 Å². The molecule has 2 rings (SSSR count). The molecule has 1 nitrogen and oxygen atoms in total. The molecule has 0 spiro atoms. The summed E-state index contributed by atoms with van der Waals surface area (Å²) in [6, 6.07) is 17.5. The second kappa shape index (κ2) is 7.63. The predicted octanol–water partition coefficient (Wildman–Crippen LogP) is 4.97. The van der Waals surface area contributed by atoms with Gasteiger partial charge >= 0.3 is 0 Å². The van der Waals surface area contributed by atoms with Gasteiger partial charge in [-0.25, -0.2) is 0 Å². The van der Waals surface area contributed by atoms with Gasteiger partial charge in [-0.2, -0.15) is 0 Å².